The Morgan fingerprint density at radius 1 is 0.833 bits per heavy atom. The highest BCUT2D eigenvalue weighted by atomic mass is 35.5. The lowest BCUT2D eigenvalue weighted by Crippen LogP contribution is -2.46. The molecule has 5 aromatic rings. The molecule has 2 unspecified atom stereocenters. The summed E-state index contributed by atoms with van der Waals surface area (Å²) in [5.41, 5.74) is 3.29. The van der Waals surface area contributed by atoms with E-state index in [2.05, 4.69) is 15.0 Å². The molecule has 2 saturated heterocycles. The van der Waals surface area contributed by atoms with Crippen LogP contribution in [0.5, 0.6) is 5.88 Å². The first-order valence-electron chi connectivity index (χ1n) is 13.8. The van der Waals surface area contributed by atoms with Gasteiger partial charge in [-0.1, -0.05) is 91.0 Å². The van der Waals surface area contributed by atoms with Crippen LogP contribution in [0.3, 0.4) is 0 Å². The summed E-state index contributed by atoms with van der Waals surface area (Å²) in [7, 11) is 0. The van der Waals surface area contributed by atoms with Gasteiger partial charge in [0.15, 0.2) is 17.4 Å². The highest BCUT2D eigenvalue weighted by molar-refractivity contribution is 6.28. The van der Waals surface area contributed by atoms with E-state index in [-0.39, 0.29) is 11.4 Å². The predicted molar refractivity (Wildman–Crippen MR) is 155 cm³/mol. The molecule has 4 atom stereocenters. The molecule has 42 heavy (non-hydrogen) atoms. The minimum Gasteiger partial charge on any atom is -0.471 e. The van der Waals surface area contributed by atoms with E-state index < -0.39 is 17.9 Å². The number of benzene rings is 3. The Hall–Kier alpha value is -3.86. The van der Waals surface area contributed by atoms with Crippen LogP contribution in [-0.4, -0.2) is 50.5 Å². The Kier molecular flexibility index (Phi) is 7.58. The number of fused-ring (bicyclic) bond motifs is 3. The fraction of sp³-hybridized carbons (Fsp3) is 0.281. The molecule has 2 aromatic heterocycles. The summed E-state index contributed by atoms with van der Waals surface area (Å²) in [4.78, 5) is 13.4. The van der Waals surface area contributed by atoms with Crippen LogP contribution in [0.2, 0.25) is 5.28 Å². The van der Waals surface area contributed by atoms with E-state index in [1.807, 2.05) is 95.6 Å². The van der Waals surface area contributed by atoms with Crippen molar-refractivity contribution in [1.29, 1.82) is 0 Å². The van der Waals surface area contributed by atoms with E-state index in [4.69, 9.17) is 35.3 Å². The van der Waals surface area contributed by atoms with Gasteiger partial charge in [-0.25, -0.2) is 4.98 Å². The van der Waals surface area contributed by atoms with Gasteiger partial charge in [0.1, 0.15) is 24.4 Å². The molecule has 4 heterocycles. The van der Waals surface area contributed by atoms with E-state index in [1.165, 1.54) is 0 Å². The molecule has 2 aliphatic heterocycles. The number of aromatic nitrogens is 4. The van der Waals surface area contributed by atoms with Gasteiger partial charge in [-0.2, -0.15) is 9.97 Å². The molecule has 9 nitrogen and oxygen atoms in total. The summed E-state index contributed by atoms with van der Waals surface area (Å²) in [6.07, 6.45) is 0.278. The molecule has 0 radical (unpaired) electrons. The fourth-order valence-electron chi connectivity index (χ4n) is 5.52. The lowest BCUT2D eigenvalue weighted by molar-refractivity contribution is -0.195. The van der Waals surface area contributed by atoms with Crippen molar-refractivity contribution in [3.8, 4) is 5.88 Å². The molecule has 0 spiro atoms. The summed E-state index contributed by atoms with van der Waals surface area (Å²) in [5.74, 6) is 0.300. The summed E-state index contributed by atoms with van der Waals surface area (Å²) >= 11 is 6.36. The van der Waals surface area contributed by atoms with Crippen molar-refractivity contribution < 1.29 is 23.7 Å². The number of halogens is 1. The van der Waals surface area contributed by atoms with Crippen molar-refractivity contribution in [2.45, 2.75) is 43.9 Å². The third-order valence-corrected chi connectivity index (χ3v) is 7.73. The lowest BCUT2D eigenvalue weighted by atomic mass is 10.00. The van der Waals surface area contributed by atoms with Gasteiger partial charge in [-0.15, -0.1) is 0 Å². The standard InChI is InChI=1S/C32H29ClN4O5/c33-31-35-28-25(29(36-31)40-18-24-14-8-3-9-15-24)34-21-37(28)30-26-27(39-17-23-12-6-2-7-13-23)32(42-30,20-41-26)19-38-16-22-10-4-1-5-11-22/h1-15,21,26-27,30H,16-20H2/t26?,27?,30-,32+/m1/s1. The minimum atomic E-state index is -0.820. The second-order valence-corrected chi connectivity index (χ2v) is 10.8. The average Bonchev–Trinajstić information content (AvgIpc) is 3.70. The monoisotopic (exact) mass is 584 g/mol. The van der Waals surface area contributed by atoms with Gasteiger partial charge in [0.25, 0.3) is 0 Å². The lowest BCUT2D eigenvalue weighted by Gasteiger charge is -2.31. The average molecular weight is 585 g/mol. The molecule has 2 aliphatic rings. The van der Waals surface area contributed by atoms with Gasteiger partial charge in [0, 0.05) is 0 Å². The van der Waals surface area contributed by atoms with E-state index in [1.54, 1.807) is 6.33 Å². The molecule has 0 amide bonds. The van der Waals surface area contributed by atoms with Gasteiger partial charge >= 0.3 is 0 Å². The van der Waals surface area contributed by atoms with Crippen LogP contribution in [0.1, 0.15) is 22.9 Å². The first-order chi connectivity index (χ1) is 20.7. The molecule has 214 valence electrons. The number of imidazole rings is 1. The topological polar surface area (TPSA) is 89.8 Å². The second-order valence-electron chi connectivity index (χ2n) is 10.4. The minimum absolute atomic E-state index is 0.0502. The molecule has 10 heteroatoms. The van der Waals surface area contributed by atoms with Gasteiger partial charge in [-0.05, 0) is 28.3 Å². The molecule has 0 N–H and O–H groups in total. The molecule has 2 fully saturated rings. The van der Waals surface area contributed by atoms with Gasteiger partial charge in [0.05, 0.1) is 32.8 Å². The highest BCUT2D eigenvalue weighted by Crippen LogP contribution is 2.48. The maximum atomic E-state index is 6.75. The highest BCUT2D eigenvalue weighted by Gasteiger charge is 2.63. The zero-order chi connectivity index (χ0) is 28.4. The molecular weight excluding hydrogens is 556 g/mol. The maximum absolute atomic E-state index is 6.75. The van der Waals surface area contributed by atoms with Crippen molar-refractivity contribution in [3.05, 3.63) is 119 Å². The Bertz CT molecular complexity index is 1640. The van der Waals surface area contributed by atoms with E-state index in [0.717, 1.165) is 16.7 Å². The number of hydrogen-bond donors (Lipinski definition) is 0. The van der Waals surface area contributed by atoms with Crippen molar-refractivity contribution in [3.63, 3.8) is 0 Å². The van der Waals surface area contributed by atoms with Crippen molar-refractivity contribution >= 4 is 22.8 Å². The van der Waals surface area contributed by atoms with E-state index >= 15 is 0 Å². The van der Waals surface area contributed by atoms with Crippen molar-refractivity contribution in [1.82, 2.24) is 19.5 Å². The van der Waals surface area contributed by atoms with Gasteiger partial charge < -0.3 is 23.7 Å². The first kappa shape index (κ1) is 27.0. The normalized spacial score (nSPS) is 23.0. The van der Waals surface area contributed by atoms with Crippen LogP contribution in [0.15, 0.2) is 97.3 Å². The number of hydrogen-bond acceptors (Lipinski definition) is 8. The maximum Gasteiger partial charge on any atom is 0.247 e. The quantitative estimate of drug-likeness (QED) is 0.187. The molecule has 7 rings (SSSR count). The smallest absolute Gasteiger partial charge is 0.247 e. The number of ether oxygens (including phenoxy) is 5. The van der Waals surface area contributed by atoms with Crippen molar-refractivity contribution in [2.24, 2.45) is 0 Å². The number of nitrogens with zero attached hydrogens (tertiary/aromatic N) is 4. The summed E-state index contributed by atoms with van der Waals surface area (Å²) < 4.78 is 33.6. The summed E-state index contributed by atoms with van der Waals surface area (Å²) in [6, 6.07) is 29.9. The van der Waals surface area contributed by atoms with E-state index in [9.17, 15) is 0 Å². The van der Waals surface area contributed by atoms with Crippen LogP contribution < -0.4 is 4.74 Å². The zero-order valence-corrected chi connectivity index (χ0v) is 23.5. The molecule has 2 bridgehead atoms. The Morgan fingerprint density at radius 2 is 1.48 bits per heavy atom. The van der Waals surface area contributed by atoms with Crippen LogP contribution in [-0.2, 0) is 38.8 Å². The summed E-state index contributed by atoms with van der Waals surface area (Å²) in [5, 5.41) is 0.0502. The van der Waals surface area contributed by atoms with Crippen LogP contribution in [0.4, 0.5) is 0 Å². The largest absolute Gasteiger partial charge is 0.471 e. The third-order valence-electron chi connectivity index (χ3n) is 7.56. The zero-order valence-electron chi connectivity index (χ0n) is 22.7. The summed E-state index contributed by atoms with van der Waals surface area (Å²) in [6.45, 7) is 1.82. The van der Waals surface area contributed by atoms with Crippen LogP contribution >= 0.6 is 11.6 Å². The Labute approximate surface area is 248 Å². The van der Waals surface area contributed by atoms with Gasteiger partial charge in [-0.3, -0.25) is 4.57 Å². The molecule has 0 aliphatic carbocycles. The van der Waals surface area contributed by atoms with Gasteiger partial charge in [0.2, 0.25) is 11.2 Å². The van der Waals surface area contributed by atoms with Crippen LogP contribution in [0, 0.1) is 0 Å². The Morgan fingerprint density at radius 3 is 2.17 bits per heavy atom. The van der Waals surface area contributed by atoms with Crippen LogP contribution in [0.25, 0.3) is 11.2 Å². The second kappa shape index (κ2) is 11.8. The number of rotatable bonds is 11. The Balaban J connectivity index is 1.16. The third kappa shape index (κ3) is 5.37. The van der Waals surface area contributed by atoms with Crippen molar-refractivity contribution in [2.75, 3.05) is 13.2 Å². The van der Waals surface area contributed by atoms with E-state index in [0.29, 0.717) is 50.1 Å². The first-order valence-corrected chi connectivity index (χ1v) is 14.2. The molecule has 3 aromatic carbocycles. The molecular formula is C32H29ClN4O5. The SMILES string of the molecule is Clc1nc(OCc2ccccc2)c2ncn([C@@H]3O[C@@]4(COCc5ccccc5)COC3C4OCc3ccccc3)c2n1. The predicted octanol–water partition coefficient (Wildman–Crippen LogP) is 5.53. The molecule has 0 saturated carbocycles. The fourth-order valence-corrected chi connectivity index (χ4v) is 5.68.